The summed E-state index contributed by atoms with van der Waals surface area (Å²) in [5, 5.41) is 2.51. The lowest BCUT2D eigenvalue weighted by molar-refractivity contribution is -0.190. The molecule has 0 spiro atoms. The molecule has 170 valence electrons. The van der Waals surface area contributed by atoms with Crippen molar-refractivity contribution in [3.8, 4) is 5.75 Å². The lowest BCUT2D eigenvalue weighted by Crippen LogP contribution is -2.52. The molecule has 11 nitrogen and oxygen atoms in total. The van der Waals surface area contributed by atoms with Crippen molar-refractivity contribution in [1.29, 1.82) is 0 Å². The van der Waals surface area contributed by atoms with Crippen molar-refractivity contribution < 1.29 is 47.7 Å². The number of hydrogen-bond donors (Lipinski definition) is 1. The fraction of sp³-hybridized carbons (Fsp3) is 0.450. The molecule has 0 fully saturated rings. The summed E-state index contributed by atoms with van der Waals surface area (Å²) in [6.07, 6.45) is -4.79. The quantitative estimate of drug-likeness (QED) is 0.414. The Labute approximate surface area is 178 Å². The molecule has 1 aromatic carbocycles. The number of hydrogen-bond acceptors (Lipinski definition) is 10. The first kappa shape index (κ1) is 25.4. The van der Waals surface area contributed by atoms with Crippen LogP contribution in [0.15, 0.2) is 24.3 Å². The number of amides is 1. The second-order valence-corrected chi connectivity index (χ2v) is 6.24. The average Bonchev–Trinajstić information content (AvgIpc) is 2.67. The van der Waals surface area contributed by atoms with Crippen LogP contribution < -0.4 is 10.1 Å². The molecule has 1 N–H and O–H groups in total. The number of rotatable bonds is 10. The maximum Gasteiger partial charge on any atom is 0.303 e. The van der Waals surface area contributed by atoms with Gasteiger partial charge in [0.25, 0.3) is 5.91 Å². The number of benzene rings is 1. The van der Waals surface area contributed by atoms with Gasteiger partial charge in [0.1, 0.15) is 12.4 Å². The summed E-state index contributed by atoms with van der Waals surface area (Å²) < 4.78 is 25.3. The first-order valence-electron chi connectivity index (χ1n) is 9.14. The smallest absolute Gasteiger partial charge is 0.303 e. The lowest BCUT2D eigenvalue weighted by Gasteiger charge is -2.31. The van der Waals surface area contributed by atoms with Crippen LogP contribution in [0.2, 0.25) is 0 Å². The van der Waals surface area contributed by atoms with Crippen molar-refractivity contribution in [2.75, 3.05) is 19.0 Å². The molecule has 0 radical (unpaired) electrons. The van der Waals surface area contributed by atoms with Crippen LogP contribution in [-0.4, -0.2) is 61.8 Å². The van der Waals surface area contributed by atoms with E-state index >= 15 is 0 Å². The number of carbonyl (C=O) groups excluding carboxylic acids is 5. The van der Waals surface area contributed by atoms with E-state index in [4.69, 9.17) is 23.7 Å². The SMILES string of the molecule is COc1ccccc1NC(=O)[C@@H](OC(C)=O)[C@@H](OC(C)=O)[C@H](COC(C)=O)OC(C)=O. The molecule has 11 heteroatoms. The Bertz CT molecular complexity index is 822. The molecule has 0 aliphatic heterocycles. The Morgan fingerprint density at radius 3 is 1.94 bits per heavy atom. The first-order chi connectivity index (χ1) is 14.5. The van der Waals surface area contributed by atoms with Gasteiger partial charge in [-0.15, -0.1) is 0 Å². The van der Waals surface area contributed by atoms with Crippen molar-refractivity contribution in [1.82, 2.24) is 0 Å². The highest BCUT2D eigenvalue weighted by molar-refractivity contribution is 5.97. The Morgan fingerprint density at radius 1 is 0.839 bits per heavy atom. The zero-order chi connectivity index (χ0) is 23.6. The molecule has 0 aromatic heterocycles. The summed E-state index contributed by atoms with van der Waals surface area (Å²) in [6, 6.07) is 6.42. The number of para-hydroxylation sites is 2. The van der Waals surface area contributed by atoms with E-state index in [0.29, 0.717) is 5.75 Å². The van der Waals surface area contributed by atoms with E-state index in [1.807, 2.05) is 0 Å². The van der Waals surface area contributed by atoms with Crippen LogP contribution in [-0.2, 0) is 42.9 Å². The van der Waals surface area contributed by atoms with Gasteiger partial charge in [-0.25, -0.2) is 0 Å². The minimum atomic E-state index is -1.74. The number of carbonyl (C=O) groups is 5. The topological polar surface area (TPSA) is 144 Å². The predicted molar refractivity (Wildman–Crippen MR) is 105 cm³/mol. The van der Waals surface area contributed by atoms with E-state index in [1.54, 1.807) is 18.2 Å². The molecular weight excluding hydrogens is 414 g/mol. The van der Waals surface area contributed by atoms with Crippen LogP contribution in [0.25, 0.3) is 0 Å². The molecule has 3 atom stereocenters. The zero-order valence-electron chi connectivity index (χ0n) is 17.8. The Kier molecular flexibility index (Phi) is 9.96. The Balaban J connectivity index is 3.33. The van der Waals surface area contributed by atoms with Gasteiger partial charge in [-0.1, -0.05) is 12.1 Å². The van der Waals surface area contributed by atoms with Gasteiger partial charge in [-0.05, 0) is 12.1 Å². The molecule has 1 amide bonds. The molecule has 0 unspecified atom stereocenters. The van der Waals surface area contributed by atoms with Gasteiger partial charge in [0.05, 0.1) is 12.8 Å². The van der Waals surface area contributed by atoms with E-state index in [9.17, 15) is 24.0 Å². The fourth-order valence-corrected chi connectivity index (χ4v) is 2.53. The molecule has 0 aliphatic carbocycles. The number of esters is 4. The monoisotopic (exact) mass is 439 g/mol. The van der Waals surface area contributed by atoms with Crippen LogP contribution in [0.3, 0.4) is 0 Å². The molecule has 0 bridgehead atoms. The second-order valence-electron chi connectivity index (χ2n) is 6.24. The third kappa shape index (κ3) is 8.72. The van der Waals surface area contributed by atoms with Crippen molar-refractivity contribution in [2.24, 2.45) is 0 Å². The summed E-state index contributed by atoms with van der Waals surface area (Å²) in [4.78, 5) is 59.1. The number of ether oxygens (including phenoxy) is 5. The highest BCUT2D eigenvalue weighted by Gasteiger charge is 2.42. The molecule has 31 heavy (non-hydrogen) atoms. The Morgan fingerprint density at radius 2 is 1.42 bits per heavy atom. The van der Waals surface area contributed by atoms with Crippen LogP contribution in [0.1, 0.15) is 27.7 Å². The van der Waals surface area contributed by atoms with Crippen LogP contribution >= 0.6 is 0 Å². The largest absolute Gasteiger partial charge is 0.495 e. The molecule has 0 saturated carbocycles. The molecular formula is C20H25NO10. The van der Waals surface area contributed by atoms with Gasteiger partial charge in [-0.2, -0.15) is 0 Å². The summed E-state index contributed by atoms with van der Waals surface area (Å²) in [6.45, 7) is 3.73. The molecule has 0 heterocycles. The van der Waals surface area contributed by atoms with E-state index in [-0.39, 0.29) is 5.69 Å². The van der Waals surface area contributed by atoms with Gasteiger partial charge in [-0.3, -0.25) is 24.0 Å². The first-order valence-corrected chi connectivity index (χ1v) is 9.14. The van der Waals surface area contributed by atoms with E-state index in [1.165, 1.54) is 13.2 Å². The van der Waals surface area contributed by atoms with Crippen LogP contribution in [0, 0.1) is 0 Å². The maximum absolute atomic E-state index is 13.0. The highest BCUT2D eigenvalue weighted by Crippen LogP contribution is 2.24. The van der Waals surface area contributed by atoms with E-state index < -0.39 is 54.7 Å². The molecule has 1 rings (SSSR count). The van der Waals surface area contributed by atoms with Gasteiger partial charge < -0.3 is 29.0 Å². The van der Waals surface area contributed by atoms with Crippen LogP contribution in [0.4, 0.5) is 5.69 Å². The zero-order valence-corrected chi connectivity index (χ0v) is 17.8. The number of methoxy groups -OCH3 is 1. The molecule has 0 aliphatic rings. The molecule has 0 saturated heterocycles. The average molecular weight is 439 g/mol. The third-order valence-electron chi connectivity index (χ3n) is 3.65. The minimum Gasteiger partial charge on any atom is -0.495 e. The predicted octanol–water partition coefficient (Wildman–Crippen LogP) is 0.992. The van der Waals surface area contributed by atoms with Gasteiger partial charge in [0, 0.05) is 27.7 Å². The lowest BCUT2D eigenvalue weighted by atomic mass is 10.1. The molecule has 1 aromatic rings. The van der Waals surface area contributed by atoms with Crippen LogP contribution in [0.5, 0.6) is 5.75 Å². The highest BCUT2D eigenvalue weighted by atomic mass is 16.6. The van der Waals surface area contributed by atoms with Crippen molar-refractivity contribution in [3.05, 3.63) is 24.3 Å². The second kappa shape index (κ2) is 12.2. The summed E-state index contributed by atoms with van der Waals surface area (Å²) in [7, 11) is 1.39. The van der Waals surface area contributed by atoms with Gasteiger partial charge in [0.2, 0.25) is 6.10 Å². The van der Waals surface area contributed by atoms with Gasteiger partial charge in [0.15, 0.2) is 12.2 Å². The Hall–Kier alpha value is -3.63. The fourth-order valence-electron chi connectivity index (χ4n) is 2.53. The van der Waals surface area contributed by atoms with Crippen molar-refractivity contribution in [2.45, 2.75) is 46.0 Å². The summed E-state index contributed by atoms with van der Waals surface area (Å²) in [5.41, 5.74) is 0.248. The van der Waals surface area contributed by atoms with Gasteiger partial charge >= 0.3 is 23.9 Å². The summed E-state index contributed by atoms with van der Waals surface area (Å²) >= 11 is 0. The summed E-state index contributed by atoms with van der Waals surface area (Å²) in [5.74, 6) is -3.82. The van der Waals surface area contributed by atoms with Crippen molar-refractivity contribution >= 4 is 35.5 Å². The van der Waals surface area contributed by atoms with Crippen molar-refractivity contribution in [3.63, 3.8) is 0 Å². The third-order valence-corrected chi connectivity index (χ3v) is 3.65. The van der Waals surface area contributed by atoms with E-state index in [0.717, 1.165) is 27.7 Å². The normalized spacial score (nSPS) is 13.1. The number of anilines is 1. The van der Waals surface area contributed by atoms with E-state index in [2.05, 4.69) is 5.32 Å². The maximum atomic E-state index is 13.0. The minimum absolute atomic E-state index is 0.248. The standard InChI is InChI=1S/C20H25NO10/c1-11(22)28-10-17(29-12(2)23)18(30-13(3)24)19(31-14(4)25)20(26)21-15-8-6-7-9-16(15)27-5/h6-9,17-19H,10H2,1-5H3,(H,21,26)/t17-,18-,19-/m0/s1. The number of nitrogens with one attached hydrogen (secondary N) is 1.